The number of aromatic nitrogens is 4. The second-order valence-electron chi connectivity index (χ2n) is 5.77. The lowest BCUT2D eigenvalue weighted by atomic mass is 10.1. The molecule has 1 fully saturated rings. The van der Waals surface area contributed by atoms with Gasteiger partial charge in [0.2, 0.25) is 5.88 Å². The first-order chi connectivity index (χ1) is 10.6. The molecule has 2 aromatic heterocycles. The fraction of sp³-hybridized carbons (Fsp3) is 0.500. The predicted molar refractivity (Wildman–Crippen MR) is 84.1 cm³/mol. The van der Waals surface area contributed by atoms with Crippen LogP contribution in [0.5, 0.6) is 5.88 Å². The predicted octanol–water partition coefficient (Wildman–Crippen LogP) is 2.24. The second-order valence-corrected chi connectivity index (χ2v) is 5.77. The molecule has 0 aliphatic carbocycles. The normalized spacial score (nSPS) is 15.9. The lowest BCUT2D eigenvalue weighted by molar-refractivity contribution is 0.162. The number of piperidine rings is 1. The highest BCUT2D eigenvalue weighted by molar-refractivity contribution is 5.41. The highest BCUT2D eigenvalue weighted by Crippen LogP contribution is 2.21. The van der Waals surface area contributed by atoms with Crippen molar-refractivity contribution < 1.29 is 4.74 Å². The Morgan fingerprint density at radius 2 is 1.86 bits per heavy atom. The van der Waals surface area contributed by atoms with E-state index in [-0.39, 0.29) is 6.10 Å². The van der Waals surface area contributed by atoms with Gasteiger partial charge in [-0.15, -0.1) is 5.10 Å². The van der Waals surface area contributed by atoms with E-state index in [9.17, 15) is 0 Å². The fourth-order valence-electron chi connectivity index (χ4n) is 2.56. The zero-order valence-corrected chi connectivity index (χ0v) is 13.3. The third kappa shape index (κ3) is 3.32. The van der Waals surface area contributed by atoms with Gasteiger partial charge in [-0.25, -0.2) is 4.98 Å². The van der Waals surface area contributed by atoms with Crippen LogP contribution in [0.3, 0.4) is 0 Å². The molecular weight excluding hydrogens is 278 g/mol. The number of anilines is 1. The molecule has 1 saturated heterocycles. The highest BCUT2D eigenvalue weighted by Gasteiger charge is 2.22. The first-order valence-corrected chi connectivity index (χ1v) is 7.63. The summed E-state index contributed by atoms with van der Waals surface area (Å²) in [5, 5.41) is 8.51. The van der Waals surface area contributed by atoms with Crippen LogP contribution >= 0.6 is 0 Å². The van der Waals surface area contributed by atoms with Crippen molar-refractivity contribution in [2.45, 2.75) is 39.7 Å². The van der Waals surface area contributed by atoms with Gasteiger partial charge in [-0.05, 0) is 32.4 Å². The lowest BCUT2D eigenvalue weighted by Gasteiger charge is -2.32. The Morgan fingerprint density at radius 1 is 1.09 bits per heavy atom. The van der Waals surface area contributed by atoms with E-state index in [1.165, 1.54) is 5.56 Å². The zero-order valence-electron chi connectivity index (χ0n) is 13.3. The molecule has 6 nitrogen and oxygen atoms in total. The maximum Gasteiger partial charge on any atom is 0.232 e. The van der Waals surface area contributed by atoms with Crippen LogP contribution in [0.1, 0.15) is 29.8 Å². The Bertz CT molecular complexity index is 653. The molecule has 22 heavy (non-hydrogen) atoms. The molecule has 0 unspecified atom stereocenters. The summed E-state index contributed by atoms with van der Waals surface area (Å²) in [5.41, 5.74) is 3.04. The van der Waals surface area contributed by atoms with Crippen molar-refractivity contribution in [2.75, 3.05) is 18.0 Å². The first kappa shape index (κ1) is 14.7. The summed E-state index contributed by atoms with van der Waals surface area (Å²) in [7, 11) is 0. The number of hydrogen-bond acceptors (Lipinski definition) is 6. The minimum atomic E-state index is 0.187. The summed E-state index contributed by atoms with van der Waals surface area (Å²) < 4.78 is 5.93. The van der Waals surface area contributed by atoms with E-state index in [0.29, 0.717) is 5.88 Å². The van der Waals surface area contributed by atoms with Crippen LogP contribution < -0.4 is 9.64 Å². The number of rotatable bonds is 3. The highest BCUT2D eigenvalue weighted by atomic mass is 16.5. The van der Waals surface area contributed by atoms with Crippen LogP contribution in [0.4, 0.5) is 5.82 Å². The third-order valence-corrected chi connectivity index (χ3v) is 4.01. The number of nitrogens with zero attached hydrogens (tertiary/aromatic N) is 5. The molecule has 3 heterocycles. The van der Waals surface area contributed by atoms with Crippen molar-refractivity contribution in [3.05, 3.63) is 35.4 Å². The molecule has 0 atom stereocenters. The number of ether oxygens (including phenoxy) is 1. The van der Waals surface area contributed by atoms with E-state index in [1.807, 2.05) is 13.8 Å². The van der Waals surface area contributed by atoms with Crippen LogP contribution in [0.15, 0.2) is 18.5 Å². The van der Waals surface area contributed by atoms with E-state index >= 15 is 0 Å². The van der Waals surface area contributed by atoms with Gasteiger partial charge in [0.15, 0.2) is 5.82 Å². The molecule has 3 rings (SSSR count). The van der Waals surface area contributed by atoms with Crippen LogP contribution in [-0.2, 0) is 0 Å². The molecule has 0 saturated carbocycles. The van der Waals surface area contributed by atoms with E-state index in [4.69, 9.17) is 4.74 Å². The second kappa shape index (κ2) is 6.25. The van der Waals surface area contributed by atoms with Gasteiger partial charge in [-0.2, -0.15) is 5.10 Å². The molecule has 0 bridgehead atoms. The maximum absolute atomic E-state index is 5.93. The Hall–Kier alpha value is -2.24. The smallest absolute Gasteiger partial charge is 0.232 e. The van der Waals surface area contributed by atoms with Gasteiger partial charge in [0, 0.05) is 32.1 Å². The molecule has 6 heteroatoms. The summed E-state index contributed by atoms with van der Waals surface area (Å²) in [5.74, 6) is 1.57. The average Bonchev–Trinajstić information content (AvgIpc) is 2.51. The molecule has 0 radical (unpaired) electrons. The van der Waals surface area contributed by atoms with E-state index in [2.05, 4.69) is 38.1 Å². The Morgan fingerprint density at radius 3 is 2.55 bits per heavy atom. The van der Waals surface area contributed by atoms with Crippen molar-refractivity contribution in [3.8, 4) is 5.88 Å². The molecule has 1 aliphatic heterocycles. The molecule has 0 N–H and O–H groups in total. The van der Waals surface area contributed by atoms with Crippen LogP contribution in [0.2, 0.25) is 0 Å². The first-order valence-electron chi connectivity index (χ1n) is 7.63. The number of aryl methyl sites for hydroxylation is 3. The molecule has 0 amide bonds. The summed E-state index contributed by atoms with van der Waals surface area (Å²) in [6.45, 7) is 7.80. The monoisotopic (exact) mass is 299 g/mol. The van der Waals surface area contributed by atoms with Crippen molar-refractivity contribution in [1.82, 2.24) is 20.2 Å². The van der Waals surface area contributed by atoms with Crippen molar-refractivity contribution in [3.63, 3.8) is 0 Å². The fourth-order valence-corrected chi connectivity index (χ4v) is 2.56. The number of hydrogen-bond donors (Lipinski definition) is 0. The van der Waals surface area contributed by atoms with E-state index in [0.717, 1.165) is 43.1 Å². The van der Waals surface area contributed by atoms with Gasteiger partial charge in [-0.1, -0.05) is 0 Å². The summed E-state index contributed by atoms with van der Waals surface area (Å²) in [4.78, 5) is 10.7. The zero-order chi connectivity index (χ0) is 15.5. The van der Waals surface area contributed by atoms with E-state index in [1.54, 1.807) is 12.4 Å². The lowest BCUT2D eigenvalue weighted by Crippen LogP contribution is -2.39. The molecule has 0 spiro atoms. The summed E-state index contributed by atoms with van der Waals surface area (Å²) in [6, 6.07) is 2.11. The maximum atomic E-state index is 5.93. The van der Waals surface area contributed by atoms with Crippen LogP contribution in [0, 0.1) is 20.8 Å². The van der Waals surface area contributed by atoms with Crippen LogP contribution in [-0.4, -0.2) is 39.4 Å². The van der Waals surface area contributed by atoms with Crippen molar-refractivity contribution >= 4 is 5.82 Å². The van der Waals surface area contributed by atoms with Gasteiger partial charge < -0.3 is 9.64 Å². The summed E-state index contributed by atoms with van der Waals surface area (Å²) in [6.07, 6.45) is 5.49. The van der Waals surface area contributed by atoms with Gasteiger partial charge in [0.25, 0.3) is 0 Å². The molecule has 2 aromatic rings. The minimum Gasteiger partial charge on any atom is -0.473 e. The Kier molecular flexibility index (Phi) is 4.18. The Labute approximate surface area is 130 Å². The van der Waals surface area contributed by atoms with Crippen molar-refractivity contribution in [1.29, 1.82) is 0 Å². The largest absolute Gasteiger partial charge is 0.473 e. The molecule has 116 valence electrons. The summed E-state index contributed by atoms with van der Waals surface area (Å²) >= 11 is 0. The average molecular weight is 299 g/mol. The Balaban J connectivity index is 1.59. The van der Waals surface area contributed by atoms with Gasteiger partial charge >= 0.3 is 0 Å². The van der Waals surface area contributed by atoms with E-state index < -0.39 is 0 Å². The molecule has 0 aromatic carbocycles. The molecular formula is C16H21N5O. The minimum absolute atomic E-state index is 0.187. The van der Waals surface area contributed by atoms with Crippen LogP contribution in [0.25, 0.3) is 0 Å². The quantitative estimate of drug-likeness (QED) is 0.866. The SMILES string of the molecule is Cc1cncc(OC2CCN(c3cc(C)c(C)nn3)CC2)n1. The standard InChI is InChI=1S/C16H21N5O/c1-11-8-15(20-19-13(11)3)21-6-4-14(5-7-21)22-16-10-17-9-12(2)18-16/h8-10,14H,4-7H2,1-3H3. The van der Waals surface area contributed by atoms with Gasteiger partial charge in [0.1, 0.15) is 6.10 Å². The molecule has 1 aliphatic rings. The van der Waals surface area contributed by atoms with Crippen molar-refractivity contribution in [2.24, 2.45) is 0 Å². The van der Waals surface area contributed by atoms with Gasteiger partial charge in [0.05, 0.1) is 17.6 Å². The topological polar surface area (TPSA) is 64.0 Å². The van der Waals surface area contributed by atoms with Gasteiger partial charge in [-0.3, -0.25) is 4.98 Å². The third-order valence-electron chi connectivity index (χ3n) is 4.01.